The third kappa shape index (κ3) is 5.43. The van der Waals surface area contributed by atoms with Gasteiger partial charge >= 0.3 is 0 Å². The zero-order valence-electron chi connectivity index (χ0n) is 19.2. The molecule has 1 aromatic rings. The first-order valence-electron chi connectivity index (χ1n) is 11.4. The average molecular weight is 519 g/mol. The van der Waals surface area contributed by atoms with Gasteiger partial charge in [0.05, 0.1) is 24.3 Å². The van der Waals surface area contributed by atoms with E-state index >= 15 is 0 Å². The molecule has 2 unspecified atom stereocenters. The largest absolute Gasteiger partial charge is 0.329 e. The molecular weight excluding hydrogens is 492 g/mol. The van der Waals surface area contributed by atoms with E-state index in [0.29, 0.717) is 29.0 Å². The summed E-state index contributed by atoms with van der Waals surface area (Å²) in [6.07, 6.45) is 9.29. The molecular formula is C24H27ClN4O5S. The van der Waals surface area contributed by atoms with Gasteiger partial charge in [-0.25, -0.2) is 18.6 Å². The molecule has 0 radical (unpaired) electrons. The molecule has 0 bridgehead atoms. The van der Waals surface area contributed by atoms with Gasteiger partial charge in [-0.15, -0.1) is 0 Å². The molecule has 1 fully saturated rings. The number of benzene rings is 1. The first kappa shape index (κ1) is 25.4. The zero-order valence-corrected chi connectivity index (χ0v) is 20.8. The highest BCUT2D eigenvalue weighted by atomic mass is 35.5. The summed E-state index contributed by atoms with van der Waals surface area (Å²) in [6.45, 7) is -0.328. The van der Waals surface area contributed by atoms with Crippen molar-refractivity contribution in [3.8, 4) is 6.07 Å². The van der Waals surface area contributed by atoms with Gasteiger partial charge < -0.3 is 4.90 Å². The number of nitriles is 1. The van der Waals surface area contributed by atoms with Gasteiger partial charge in [0.2, 0.25) is 10.0 Å². The number of rotatable bonds is 7. The minimum atomic E-state index is -3.53. The standard InChI is InChI=1S/C24H27ClN4O5S/c1-35(32,33)28-19-8-4-5-9-20(19)29-22(15-10-11-16(25)14-15)21(23(30)27-34-13-12-26)17-6-2-3-7-18(17)24(29)31/h2-3,6-7,10-11,14-15,19-22,28H,4-5,8-9,13H2,1H3,(H,27,30)/t15?,19-,20-,21+,22?/m0/s1. The molecule has 9 nitrogen and oxygen atoms in total. The average Bonchev–Trinajstić information content (AvgIpc) is 3.24. The summed E-state index contributed by atoms with van der Waals surface area (Å²) < 4.78 is 27.0. The fourth-order valence-electron chi connectivity index (χ4n) is 5.43. The minimum absolute atomic E-state index is 0.260. The van der Waals surface area contributed by atoms with Gasteiger partial charge in [0.25, 0.3) is 11.8 Å². The van der Waals surface area contributed by atoms with Crippen LogP contribution < -0.4 is 10.2 Å². The summed E-state index contributed by atoms with van der Waals surface area (Å²) >= 11 is 6.26. The van der Waals surface area contributed by atoms with Gasteiger partial charge in [0.1, 0.15) is 0 Å². The predicted octanol–water partition coefficient (Wildman–Crippen LogP) is 2.34. The van der Waals surface area contributed by atoms with Crippen LogP contribution in [-0.4, -0.2) is 56.1 Å². The first-order chi connectivity index (χ1) is 16.7. The van der Waals surface area contributed by atoms with Crippen LogP contribution in [0.15, 0.2) is 47.5 Å². The highest BCUT2D eigenvalue weighted by molar-refractivity contribution is 7.88. The number of hydrogen-bond acceptors (Lipinski definition) is 6. The highest BCUT2D eigenvalue weighted by Crippen LogP contribution is 2.43. The summed E-state index contributed by atoms with van der Waals surface area (Å²) in [6, 6.07) is 7.09. The Kier molecular flexibility index (Phi) is 7.62. The Hall–Kier alpha value is -2.71. The van der Waals surface area contributed by atoms with Crippen molar-refractivity contribution in [2.45, 2.75) is 49.7 Å². The Morgan fingerprint density at radius 2 is 2.03 bits per heavy atom. The van der Waals surface area contributed by atoms with Crippen LogP contribution in [0.4, 0.5) is 0 Å². The molecule has 0 saturated heterocycles. The molecule has 1 aliphatic heterocycles. The summed E-state index contributed by atoms with van der Waals surface area (Å²) in [5, 5.41) is 9.30. The highest BCUT2D eigenvalue weighted by Gasteiger charge is 2.50. The van der Waals surface area contributed by atoms with Crippen molar-refractivity contribution in [3.63, 3.8) is 0 Å². The van der Waals surface area contributed by atoms with Crippen LogP contribution in [0.5, 0.6) is 0 Å². The van der Waals surface area contributed by atoms with Crippen molar-refractivity contribution < 1.29 is 22.8 Å². The molecule has 0 aromatic heterocycles. The second kappa shape index (κ2) is 10.5. The first-order valence-corrected chi connectivity index (χ1v) is 13.7. The van der Waals surface area contributed by atoms with E-state index in [9.17, 15) is 18.0 Å². The van der Waals surface area contributed by atoms with Crippen molar-refractivity contribution >= 4 is 33.4 Å². The van der Waals surface area contributed by atoms with E-state index < -0.39 is 40.0 Å². The lowest BCUT2D eigenvalue weighted by molar-refractivity contribution is -0.136. The van der Waals surface area contributed by atoms with E-state index in [1.54, 1.807) is 41.3 Å². The van der Waals surface area contributed by atoms with Gasteiger partial charge in [-0.3, -0.25) is 14.4 Å². The topological polar surface area (TPSA) is 129 Å². The SMILES string of the molecule is CS(=O)(=O)N[C@H]1CCCC[C@@H]1N1C(=O)c2ccccc2[C@@H](C(=O)NOCC#N)C1C1C=CC(Cl)=C1. The number of halogens is 1. The van der Waals surface area contributed by atoms with E-state index in [1.165, 1.54) is 0 Å². The third-order valence-corrected chi connectivity index (χ3v) is 7.67. The van der Waals surface area contributed by atoms with E-state index in [0.717, 1.165) is 19.1 Å². The number of hydroxylamine groups is 1. The van der Waals surface area contributed by atoms with Crippen molar-refractivity contribution in [3.05, 3.63) is 58.7 Å². The van der Waals surface area contributed by atoms with Gasteiger partial charge in [-0.1, -0.05) is 54.8 Å². The van der Waals surface area contributed by atoms with Crippen LogP contribution in [0.2, 0.25) is 0 Å². The molecule has 3 aliphatic rings. The molecule has 0 spiro atoms. The van der Waals surface area contributed by atoms with Crippen LogP contribution in [0, 0.1) is 17.2 Å². The Morgan fingerprint density at radius 3 is 2.71 bits per heavy atom. The monoisotopic (exact) mass is 518 g/mol. The van der Waals surface area contributed by atoms with E-state index in [2.05, 4.69) is 10.2 Å². The van der Waals surface area contributed by atoms with Crippen LogP contribution in [0.25, 0.3) is 0 Å². The van der Waals surface area contributed by atoms with Gasteiger partial charge in [-0.05, 0) is 30.5 Å². The third-order valence-electron chi connectivity index (χ3n) is 6.69. The fourth-order valence-corrected chi connectivity index (χ4v) is 6.47. The quantitative estimate of drug-likeness (QED) is 0.421. The van der Waals surface area contributed by atoms with Crippen LogP contribution >= 0.6 is 11.6 Å². The van der Waals surface area contributed by atoms with Crippen molar-refractivity contribution in [2.75, 3.05) is 12.9 Å². The number of sulfonamides is 1. The maximum atomic E-state index is 14.0. The summed E-state index contributed by atoms with van der Waals surface area (Å²) in [4.78, 5) is 34.1. The van der Waals surface area contributed by atoms with Crippen LogP contribution in [-0.2, 0) is 19.7 Å². The molecule has 11 heteroatoms. The molecule has 1 aromatic carbocycles. The van der Waals surface area contributed by atoms with Gasteiger partial charge in [0.15, 0.2) is 6.61 Å². The number of nitrogens with zero attached hydrogens (tertiary/aromatic N) is 2. The predicted molar refractivity (Wildman–Crippen MR) is 129 cm³/mol. The molecule has 4 rings (SSSR count). The number of allylic oxidation sites excluding steroid dienone is 2. The Bertz CT molecular complexity index is 1210. The second-order valence-electron chi connectivity index (χ2n) is 9.02. The van der Waals surface area contributed by atoms with Crippen molar-refractivity contribution in [1.82, 2.24) is 15.1 Å². The molecule has 186 valence electrons. The number of carbonyl (C=O) groups is 2. The number of fused-ring (bicyclic) bond motifs is 1. The fraction of sp³-hybridized carbons (Fsp3) is 0.458. The van der Waals surface area contributed by atoms with E-state index in [1.807, 2.05) is 12.1 Å². The number of hydrogen-bond donors (Lipinski definition) is 2. The molecule has 35 heavy (non-hydrogen) atoms. The smallest absolute Gasteiger partial charge is 0.254 e. The van der Waals surface area contributed by atoms with Crippen molar-refractivity contribution in [2.24, 2.45) is 5.92 Å². The van der Waals surface area contributed by atoms with E-state index in [4.69, 9.17) is 21.7 Å². The summed E-state index contributed by atoms with van der Waals surface area (Å²) in [7, 11) is -3.53. The van der Waals surface area contributed by atoms with Crippen LogP contribution in [0.3, 0.4) is 0 Å². The molecule has 1 heterocycles. The summed E-state index contributed by atoms with van der Waals surface area (Å²) in [5.74, 6) is -1.97. The summed E-state index contributed by atoms with van der Waals surface area (Å²) in [5.41, 5.74) is 3.28. The molecule has 1 saturated carbocycles. The number of carbonyl (C=O) groups excluding carboxylic acids is 2. The maximum absolute atomic E-state index is 14.0. The Morgan fingerprint density at radius 1 is 1.29 bits per heavy atom. The molecule has 2 amide bonds. The second-order valence-corrected chi connectivity index (χ2v) is 11.2. The Labute approximate surface area is 209 Å². The molecule has 2 aliphatic carbocycles. The van der Waals surface area contributed by atoms with Gasteiger partial charge in [-0.2, -0.15) is 5.26 Å². The lowest BCUT2D eigenvalue weighted by Gasteiger charge is -2.50. The normalized spacial score (nSPS) is 28.3. The maximum Gasteiger partial charge on any atom is 0.254 e. The van der Waals surface area contributed by atoms with Crippen molar-refractivity contribution in [1.29, 1.82) is 5.26 Å². The lowest BCUT2D eigenvalue weighted by Crippen LogP contribution is -2.63. The lowest BCUT2D eigenvalue weighted by atomic mass is 9.74. The number of nitrogens with one attached hydrogen (secondary N) is 2. The van der Waals surface area contributed by atoms with Gasteiger partial charge in [0, 0.05) is 28.6 Å². The van der Waals surface area contributed by atoms with E-state index in [-0.39, 0.29) is 18.4 Å². The molecule has 2 N–H and O–H groups in total. The number of amides is 2. The van der Waals surface area contributed by atoms with Crippen LogP contribution in [0.1, 0.15) is 47.5 Å². The minimum Gasteiger partial charge on any atom is -0.329 e. The zero-order chi connectivity index (χ0) is 25.2. The molecule has 5 atom stereocenters. The Balaban J connectivity index is 1.83.